The molecule has 0 aliphatic carbocycles. The van der Waals surface area contributed by atoms with E-state index in [-0.39, 0.29) is 0 Å². The molecule has 0 unspecified atom stereocenters. The van der Waals surface area contributed by atoms with Crippen LogP contribution in [0.1, 0.15) is 13.3 Å². The summed E-state index contributed by atoms with van der Waals surface area (Å²) in [6, 6.07) is 0. The largest absolute Gasteiger partial charge is 0.402 e. The van der Waals surface area contributed by atoms with Crippen LogP contribution in [0.3, 0.4) is 0 Å². The Morgan fingerprint density at radius 1 is 1.75 bits per heavy atom. The molecule has 0 aliphatic rings. The minimum absolute atomic E-state index is 0.461. The van der Waals surface area contributed by atoms with E-state index in [9.17, 15) is 4.39 Å². The van der Waals surface area contributed by atoms with Gasteiger partial charge in [-0.15, -0.1) is 0 Å². The molecule has 0 saturated heterocycles. The summed E-state index contributed by atoms with van der Waals surface area (Å²) in [5, 5.41) is 0. The lowest BCUT2D eigenvalue weighted by Gasteiger charge is -1.87. The number of hydrogen-bond acceptors (Lipinski definition) is 1. The Hall–Kier alpha value is -0.790. The first kappa shape index (κ1) is 7.21. The first-order chi connectivity index (χ1) is 3.81. The van der Waals surface area contributed by atoms with Crippen molar-refractivity contribution >= 4 is 0 Å². The predicted octanol–water partition coefficient (Wildman–Crippen LogP) is 1.72. The van der Waals surface area contributed by atoms with Gasteiger partial charge in [-0.05, 0) is 18.6 Å². The van der Waals surface area contributed by atoms with Gasteiger partial charge >= 0.3 is 0 Å². The van der Waals surface area contributed by atoms with Crippen molar-refractivity contribution in [1.29, 1.82) is 0 Å². The third-order valence-corrected chi connectivity index (χ3v) is 0.791. The minimum Gasteiger partial charge on any atom is -0.402 e. The highest BCUT2D eigenvalue weighted by Gasteiger charge is 1.76. The highest BCUT2D eigenvalue weighted by Crippen LogP contribution is 1.89. The van der Waals surface area contributed by atoms with E-state index in [1.807, 2.05) is 6.92 Å². The Morgan fingerprint density at radius 2 is 2.38 bits per heavy atom. The summed E-state index contributed by atoms with van der Waals surface area (Å²) in [6.45, 7) is 1.91. The monoisotopic (exact) mass is 115 g/mol. The topological polar surface area (TPSA) is 26.0 Å². The smallest absolute Gasteiger partial charge is 0.0867 e. The van der Waals surface area contributed by atoms with Gasteiger partial charge in [0.25, 0.3) is 0 Å². The van der Waals surface area contributed by atoms with Crippen molar-refractivity contribution in [3.8, 4) is 0 Å². The molecule has 0 fully saturated rings. The molecule has 8 heavy (non-hydrogen) atoms. The summed E-state index contributed by atoms with van der Waals surface area (Å²) < 4.78 is 11.2. The lowest BCUT2D eigenvalue weighted by Crippen LogP contribution is -1.92. The molecule has 2 heteroatoms. The van der Waals surface area contributed by atoms with Crippen LogP contribution in [0.25, 0.3) is 0 Å². The van der Waals surface area contributed by atoms with Gasteiger partial charge in [-0.2, -0.15) is 0 Å². The number of allylic oxidation sites excluding steroid dienone is 3. The Balaban J connectivity index is 3.57. The highest BCUT2D eigenvalue weighted by molar-refractivity contribution is 5.06. The second-order valence-electron chi connectivity index (χ2n) is 1.41. The minimum atomic E-state index is 0.461. The second kappa shape index (κ2) is 4.37. The third-order valence-electron chi connectivity index (χ3n) is 0.791. The van der Waals surface area contributed by atoms with Crippen molar-refractivity contribution in [3.05, 3.63) is 24.2 Å². The van der Waals surface area contributed by atoms with Gasteiger partial charge in [0.15, 0.2) is 0 Å². The summed E-state index contributed by atoms with van der Waals surface area (Å²) in [5.41, 5.74) is 6.00. The molecular weight excluding hydrogens is 105 g/mol. The van der Waals surface area contributed by atoms with Crippen LogP contribution in [-0.2, 0) is 0 Å². The molecule has 0 saturated carbocycles. The number of nitrogens with two attached hydrogens (primary N) is 1. The van der Waals surface area contributed by atoms with Gasteiger partial charge in [0.2, 0.25) is 0 Å². The molecule has 0 radical (unpaired) electrons. The van der Waals surface area contributed by atoms with Crippen LogP contribution in [0.4, 0.5) is 4.39 Å². The molecule has 0 spiro atoms. The molecule has 0 aromatic carbocycles. The van der Waals surface area contributed by atoms with Crippen LogP contribution < -0.4 is 5.73 Å². The van der Waals surface area contributed by atoms with Gasteiger partial charge in [-0.1, -0.05) is 6.92 Å². The van der Waals surface area contributed by atoms with Crippen LogP contribution in [0.5, 0.6) is 0 Å². The predicted molar refractivity (Wildman–Crippen MR) is 32.8 cm³/mol. The normalized spacial score (nSPS) is 13.0. The first-order valence-corrected chi connectivity index (χ1v) is 2.52. The van der Waals surface area contributed by atoms with E-state index in [0.29, 0.717) is 12.0 Å². The first-order valence-electron chi connectivity index (χ1n) is 2.52. The lowest BCUT2D eigenvalue weighted by atomic mass is 10.3. The molecule has 1 nitrogen and oxygen atoms in total. The maximum absolute atomic E-state index is 11.2. The fraction of sp³-hybridized carbons (Fsp3) is 0.333. The molecule has 0 atom stereocenters. The Morgan fingerprint density at radius 3 is 2.75 bits per heavy atom. The van der Waals surface area contributed by atoms with E-state index in [4.69, 9.17) is 5.73 Å². The average Bonchev–Trinajstić information content (AvgIpc) is 1.83. The quantitative estimate of drug-likeness (QED) is 0.545. The fourth-order valence-electron chi connectivity index (χ4n) is 0.278. The summed E-state index contributed by atoms with van der Waals surface area (Å²) in [4.78, 5) is 0. The number of halogens is 1. The summed E-state index contributed by atoms with van der Waals surface area (Å²) in [6.07, 6.45) is 4.05. The Bertz CT molecular complexity index is 105. The van der Waals surface area contributed by atoms with E-state index in [2.05, 4.69) is 0 Å². The number of hydrogen-bond donors (Lipinski definition) is 1. The van der Waals surface area contributed by atoms with Crippen LogP contribution in [0, 0.1) is 0 Å². The van der Waals surface area contributed by atoms with E-state index >= 15 is 0 Å². The Labute approximate surface area is 48.7 Å². The summed E-state index contributed by atoms with van der Waals surface area (Å²) in [7, 11) is 0. The average molecular weight is 115 g/mol. The highest BCUT2D eigenvalue weighted by atomic mass is 19.1. The number of rotatable bonds is 2. The standard InChI is InChI=1S/C6H10FN/c1-2-6(8)4-3-5-7/h3-5H,2,8H2,1H3/b5-3+,6-4+. The molecule has 0 amide bonds. The van der Waals surface area contributed by atoms with Gasteiger partial charge in [-0.3, -0.25) is 0 Å². The van der Waals surface area contributed by atoms with Gasteiger partial charge < -0.3 is 5.73 Å². The van der Waals surface area contributed by atoms with Crippen molar-refractivity contribution in [2.75, 3.05) is 0 Å². The molecule has 0 aliphatic heterocycles. The molecule has 0 aromatic heterocycles. The maximum atomic E-state index is 11.2. The van der Waals surface area contributed by atoms with E-state index in [1.165, 1.54) is 6.08 Å². The fourth-order valence-corrected chi connectivity index (χ4v) is 0.278. The zero-order valence-corrected chi connectivity index (χ0v) is 4.89. The Kier molecular flexibility index (Phi) is 3.94. The second-order valence-corrected chi connectivity index (χ2v) is 1.41. The van der Waals surface area contributed by atoms with Crippen molar-refractivity contribution in [2.45, 2.75) is 13.3 Å². The van der Waals surface area contributed by atoms with Crippen LogP contribution >= 0.6 is 0 Å². The van der Waals surface area contributed by atoms with E-state index in [1.54, 1.807) is 6.08 Å². The summed E-state index contributed by atoms with van der Waals surface area (Å²) in [5.74, 6) is 0. The maximum Gasteiger partial charge on any atom is 0.0867 e. The molecular formula is C6H10FN. The lowest BCUT2D eigenvalue weighted by molar-refractivity contribution is 0.721. The van der Waals surface area contributed by atoms with Crippen LogP contribution in [0.2, 0.25) is 0 Å². The van der Waals surface area contributed by atoms with Crippen molar-refractivity contribution in [2.24, 2.45) is 5.73 Å². The van der Waals surface area contributed by atoms with E-state index in [0.717, 1.165) is 6.42 Å². The van der Waals surface area contributed by atoms with Gasteiger partial charge in [0.1, 0.15) is 0 Å². The van der Waals surface area contributed by atoms with Crippen molar-refractivity contribution < 1.29 is 4.39 Å². The van der Waals surface area contributed by atoms with E-state index < -0.39 is 0 Å². The SMILES string of the molecule is CC/C(N)=C\C=C\F. The molecule has 0 heterocycles. The third kappa shape index (κ3) is 3.40. The molecule has 0 rings (SSSR count). The molecule has 0 bridgehead atoms. The van der Waals surface area contributed by atoms with Crippen molar-refractivity contribution in [3.63, 3.8) is 0 Å². The van der Waals surface area contributed by atoms with Gasteiger partial charge in [0, 0.05) is 5.70 Å². The zero-order chi connectivity index (χ0) is 6.41. The summed E-state index contributed by atoms with van der Waals surface area (Å²) >= 11 is 0. The van der Waals surface area contributed by atoms with Crippen LogP contribution in [-0.4, -0.2) is 0 Å². The molecule has 46 valence electrons. The van der Waals surface area contributed by atoms with Crippen LogP contribution in [0.15, 0.2) is 24.2 Å². The molecule has 0 aromatic rings. The zero-order valence-electron chi connectivity index (χ0n) is 4.89. The molecule has 2 N–H and O–H groups in total. The van der Waals surface area contributed by atoms with Crippen molar-refractivity contribution in [1.82, 2.24) is 0 Å². The van der Waals surface area contributed by atoms with Gasteiger partial charge in [-0.25, -0.2) is 4.39 Å². The van der Waals surface area contributed by atoms with Gasteiger partial charge in [0.05, 0.1) is 6.33 Å².